The monoisotopic (exact) mass is 267 g/mol. The third-order valence-corrected chi connectivity index (χ3v) is 2.70. The number of carbonyl (C=O) groups is 1. The van der Waals surface area contributed by atoms with Crippen molar-refractivity contribution >= 4 is 5.97 Å². The van der Waals surface area contributed by atoms with Crippen LogP contribution in [0.25, 0.3) is 23.0 Å². The van der Waals surface area contributed by atoms with E-state index in [1.54, 1.807) is 30.5 Å². The highest BCUT2D eigenvalue weighted by Gasteiger charge is 2.11. The van der Waals surface area contributed by atoms with Gasteiger partial charge in [-0.2, -0.15) is 4.98 Å². The summed E-state index contributed by atoms with van der Waals surface area (Å²) < 4.78 is 5.16. The van der Waals surface area contributed by atoms with E-state index in [9.17, 15) is 4.79 Å². The van der Waals surface area contributed by atoms with Crippen LogP contribution < -0.4 is 0 Å². The van der Waals surface area contributed by atoms with Crippen molar-refractivity contribution in [2.45, 2.75) is 0 Å². The van der Waals surface area contributed by atoms with Gasteiger partial charge in [0, 0.05) is 11.8 Å². The van der Waals surface area contributed by atoms with Gasteiger partial charge in [-0.25, -0.2) is 4.79 Å². The van der Waals surface area contributed by atoms with Gasteiger partial charge in [-0.1, -0.05) is 11.2 Å². The fourth-order valence-corrected chi connectivity index (χ4v) is 1.70. The molecule has 3 rings (SSSR count). The van der Waals surface area contributed by atoms with Gasteiger partial charge in [-0.05, 0) is 36.4 Å². The van der Waals surface area contributed by atoms with Crippen LogP contribution in [-0.2, 0) is 0 Å². The SMILES string of the molecule is O=C(O)c1ccc(-c2nc(-c3ccccn3)no2)cc1. The molecule has 98 valence electrons. The molecule has 6 heteroatoms. The predicted molar refractivity (Wildman–Crippen MR) is 69.9 cm³/mol. The Bertz CT molecular complexity index is 736. The van der Waals surface area contributed by atoms with Crippen LogP contribution in [-0.4, -0.2) is 26.2 Å². The van der Waals surface area contributed by atoms with Gasteiger partial charge in [0.2, 0.25) is 5.82 Å². The number of aromatic carboxylic acids is 1. The van der Waals surface area contributed by atoms with E-state index in [2.05, 4.69) is 15.1 Å². The molecule has 0 unspecified atom stereocenters. The lowest BCUT2D eigenvalue weighted by molar-refractivity contribution is 0.0697. The summed E-state index contributed by atoms with van der Waals surface area (Å²) in [7, 11) is 0. The van der Waals surface area contributed by atoms with Gasteiger partial charge in [0.15, 0.2) is 0 Å². The summed E-state index contributed by atoms with van der Waals surface area (Å²) in [5, 5.41) is 12.7. The van der Waals surface area contributed by atoms with Crippen LogP contribution >= 0.6 is 0 Å². The summed E-state index contributed by atoms with van der Waals surface area (Å²) in [4.78, 5) is 19.1. The molecule has 0 aliphatic carbocycles. The van der Waals surface area contributed by atoms with Crippen molar-refractivity contribution in [3.8, 4) is 23.0 Å². The molecule has 6 nitrogen and oxygen atoms in total. The summed E-state index contributed by atoms with van der Waals surface area (Å²) in [6, 6.07) is 11.6. The largest absolute Gasteiger partial charge is 0.478 e. The number of hydrogen-bond donors (Lipinski definition) is 1. The summed E-state index contributed by atoms with van der Waals surface area (Å²) in [6.45, 7) is 0. The van der Waals surface area contributed by atoms with Gasteiger partial charge in [0.25, 0.3) is 5.89 Å². The number of rotatable bonds is 3. The molecular weight excluding hydrogens is 258 g/mol. The highest BCUT2D eigenvalue weighted by Crippen LogP contribution is 2.21. The first-order chi connectivity index (χ1) is 9.74. The summed E-state index contributed by atoms with van der Waals surface area (Å²) in [5.74, 6) is -0.262. The second-order valence-corrected chi connectivity index (χ2v) is 4.02. The Hall–Kier alpha value is -3.02. The van der Waals surface area contributed by atoms with Gasteiger partial charge in [0.05, 0.1) is 5.56 Å². The van der Waals surface area contributed by atoms with Crippen LogP contribution in [0.15, 0.2) is 53.2 Å². The van der Waals surface area contributed by atoms with Crippen LogP contribution in [0.3, 0.4) is 0 Å². The first-order valence-corrected chi connectivity index (χ1v) is 5.83. The quantitative estimate of drug-likeness (QED) is 0.784. The van der Waals surface area contributed by atoms with Crippen molar-refractivity contribution in [1.82, 2.24) is 15.1 Å². The van der Waals surface area contributed by atoms with Crippen molar-refractivity contribution in [2.24, 2.45) is 0 Å². The maximum atomic E-state index is 10.8. The Morgan fingerprint density at radius 3 is 2.55 bits per heavy atom. The third-order valence-electron chi connectivity index (χ3n) is 2.70. The maximum Gasteiger partial charge on any atom is 0.335 e. The molecule has 0 amide bonds. The Morgan fingerprint density at radius 1 is 1.10 bits per heavy atom. The zero-order valence-electron chi connectivity index (χ0n) is 10.2. The topological polar surface area (TPSA) is 89.1 Å². The predicted octanol–water partition coefficient (Wildman–Crippen LogP) is 2.50. The van der Waals surface area contributed by atoms with Crippen LogP contribution in [0.1, 0.15) is 10.4 Å². The van der Waals surface area contributed by atoms with Gasteiger partial charge < -0.3 is 9.63 Å². The van der Waals surface area contributed by atoms with Crippen LogP contribution in [0, 0.1) is 0 Å². The first kappa shape index (κ1) is 12.0. The summed E-state index contributed by atoms with van der Waals surface area (Å²) in [6.07, 6.45) is 1.65. The van der Waals surface area contributed by atoms with Crippen molar-refractivity contribution < 1.29 is 14.4 Å². The van der Waals surface area contributed by atoms with E-state index < -0.39 is 5.97 Å². The van der Waals surface area contributed by atoms with E-state index in [0.29, 0.717) is 23.0 Å². The standard InChI is InChI=1S/C14H9N3O3/c18-14(19)10-6-4-9(5-7-10)13-16-12(17-20-13)11-3-1-2-8-15-11/h1-8H,(H,18,19). The fourth-order valence-electron chi connectivity index (χ4n) is 1.70. The highest BCUT2D eigenvalue weighted by molar-refractivity contribution is 5.88. The molecular formula is C14H9N3O3. The highest BCUT2D eigenvalue weighted by atomic mass is 16.5. The van der Waals surface area contributed by atoms with Crippen LogP contribution in [0.2, 0.25) is 0 Å². The molecule has 3 aromatic rings. The second-order valence-electron chi connectivity index (χ2n) is 4.02. The van der Waals surface area contributed by atoms with Crippen LogP contribution in [0.5, 0.6) is 0 Å². The summed E-state index contributed by atoms with van der Waals surface area (Å²) in [5.41, 5.74) is 1.48. The van der Waals surface area contributed by atoms with E-state index >= 15 is 0 Å². The number of carboxylic acids is 1. The number of hydrogen-bond acceptors (Lipinski definition) is 5. The molecule has 0 atom stereocenters. The van der Waals surface area contributed by atoms with E-state index in [1.807, 2.05) is 6.07 Å². The lowest BCUT2D eigenvalue weighted by Crippen LogP contribution is -1.94. The molecule has 20 heavy (non-hydrogen) atoms. The third kappa shape index (κ3) is 2.26. The minimum absolute atomic E-state index is 0.207. The minimum Gasteiger partial charge on any atom is -0.478 e. The van der Waals surface area contributed by atoms with Crippen molar-refractivity contribution in [2.75, 3.05) is 0 Å². The Labute approximate surface area is 113 Å². The maximum absolute atomic E-state index is 10.8. The van der Waals surface area contributed by atoms with Gasteiger partial charge >= 0.3 is 5.97 Å². The van der Waals surface area contributed by atoms with E-state index in [0.717, 1.165) is 0 Å². The molecule has 0 aliphatic heterocycles. The first-order valence-electron chi connectivity index (χ1n) is 5.83. The van der Waals surface area contributed by atoms with E-state index in [1.165, 1.54) is 12.1 Å². The molecule has 0 fully saturated rings. The Morgan fingerprint density at radius 2 is 1.90 bits per heavy atom. The number of pyridine rings is 1. The normalized spacial score (nSPS) is 10.4. The number of carboxylic acid groups (broad SMARTS) is 1. The molecule has 0 spiro atoms. The average molecular weight is 267 g/mol. The van der Waals surface area contributed by atoms with E-state index in [-0.39, 0.29) is 5.56 Å². The zero-order chi connectivity index (χ0) is 13.9. The molecule has 1 N–H and O–H groups in total. The van der Waals surface area contributed by atoms with Crippen molar-refractivity contribution in [3.63, 3.8) is 0 Å². The van der Waals surface area contributed by atoms with Crippen molar-refractivity contribution in [1.29, 1.82) is 0 Å². The molecule has 1 aromatic carbocycles. The summed E-state index contributed by atoms with van der Waals surface area (Å²) >= 11 is 0. The average Bonchev–Trinajstić information content (AvgIpc) is 2.98. The zero-order valence-corrected chi connectivity index (χ0v) is 10.2. The van der Waals surface area contributed by atoms with Crippen molar-refractivity contribution in [3.05, 3.63) is 54.2 Å². The Kier molecular flexibility index (Phi) is 2.96. The molecule has 0 aliphatic rings. The lowest BCUT2D eigenvalue weighted by Gasteiger charge is -1.95. The smallest absolute Gasteiger partial charge is 0.335 e. The molecule has 0 saturated carbocycles. The number of nitrogens with zero attached hydrogens (tertiary/aromatic N) is 3. The Balaban J connectivity index is 1.92. The van der Waals surface area contributed by atoms with Gasteiger partial charge in [-0.3, -0.25) is 4.98 Å². The van der Waals surface area contributed by atoms with Crippen LogP contribution in [0.4, 0.5) is 0 Å². The minimum atomic E-state index is -0.976. The second kappa shape index (κ2) is 4.93. The number of aromatic nitrogens is 3. The molecule has 2 aromatic heterocycles. The molecule has 2 heterocycles. The van der Waals surface area contributed by atoms with Gasteiger partial charge in [0.1, 0.15) is 5.69 Å². The fraction of sp³-hybridized carbons (Fsp3) is 0. The van der Waals surface area contributed by atoms with Gasteiger partial charge in [-0.15, -0.1) is 0 Å². The lowest BCUT2D eigenvalue weighted by atomic mass is 10.1. The molecule has 0 radical (unpaired) electrons. The number of benzene rings is 1. The molecule has 0 saturated heterocycles. The van der Waals surface area contributed by atoms with E-state index in [4.69, 9.17) is 9.63 Å². The molecule has 0 bridgehead atoms.